The largest absolute Gasteiger partial charge is 0.481 e. The molecule has 1 rings (SSSR count). The summed E-state index contributed by atoms with van der Waals surface area (Å²) in [7, 11) is 0. The second kappa shape index (κ2) is 6.00. The number of aliphatic hydroxyl groups excluding tert-OH is 1. The molecule has 1 aromatic rings. The number of hydrogen-bond donors (Lipinski definition) is 3. The molecule has 1 atom stereocenters. The number of aliphatic hydroxyl groups is 1. The monoisotopic (exact) mass is 237 g/mol. The van der Waals surface area contributed by atoms with Gasteiger partial charge in [-0.3, -0.25) is 9.59 Å². The summed E-state index contributed by atoms with van der Waals surface area (Å²) in [6, 6.07) is 6.87. The first-order valence-electron chi connectivity index (χ1n) is 5.29. The van der Waals surface area contributed by atoms with Gasteiger partial charge in [0.25, 0.3) is 0 Å². The Morgan fingerprint density at radius 2 is 1.94 bits per heavy atom. The smallest absolute Gasteiger partial charge is 0.303 e. The molecule has 0 fully saturated rings. The molecule has 0 saturated heterocycles. The van der Waals surface area contributed by atoms with Gasteiger partial charge < -0.3 is 15.5 Å². The van der Waals surface area contributed by atoms with Crippen LogP contribution in [0.15, 0.2) is 24.3 Å². The van der Waals surface area contributed by atoms with Crippen LogP contribution in [0.4, 0.5) is 5.69 Å². The van der Waals surface area contributed by atoms with Crippen molar-refractivity contribution in [3.05, 3.63) is 29.8 Å². The summed E-state index contributed by atoms with van der Waals surface area (Å²) in [6.07, 6.45) is -0.974. The van der Waals surface area contributed by atoms with E-state index in [0.29, 0.717) is 11.3 Å². The molecular formula is C12H15NO4. The van der Waals surface area contributed by atoms with Crippen LogP contribution in [-0.4, -0.2) is 22.1 Å². The lowest BCUT2D eigenvalue weighted by Gasteiger charge is -2.12. The summed E-state index contributed by atoms with van der Waals surface area (Å²) >= 11 is 0. The molecule has 0 aliphatic rings. The number of anilines is 1. The third-order valence-corrected chi connectivity index (χ3v) is 2.25. The Kier molecular flexibility index (Phi) is 4.66. The molecule has 0 heterocycles. The van der Waals surface area contributed by atoms with Crippen LogP contribution in [0.25, 0.3) is 0 Å². The SMILES string of the molecule is CC(O)c1ccccc1NC(=O)CCC(=O)O. The summed E-state index contributed by atoms with van der Waals surface area (Å²) in [6.45, 7) is 1.60. The minimum Gasteiger partial charge on any atom is -0.481 e. The predicted octanol–water partition coefficient (Wildman–Crippen LogP) is 1.54. The maximum absolute atomic E-state index is 11.4. The van der Waals surface area contributed by atoms with Gasteiger partial charge in [-0.15, -0.1) is 0 Å². The molecular weight excluding hydrogens is 222 g/mol. The van der Waals surface area contributed by atoms with E-state index in [1.807, 2.05) is 0 Å². The Morgan fingerprint density at radius 1 is 1.29 bits per heavy atom. The van der Waals surface area contributed by atoms with Gasteiger partial charge in [0, 0.05) is 17.7 Å². The van der Waals surface area contributed by atoms with E-state index in [2.05, 4.69) is 5.32 Å². The minimum absolute atomic E-state index is 0.0799. The van der Waals surface area contributed by atoms with Crippen LogP contribution in [0, 0.1) is 0 Å². The minimum atomic E-state index is -1.01. The highest BCUT2D eigenvalue weighted by atomic mass is 16.4. The zero-order valence-electron chi connectivity index (χ0n) is 9.51. The third-order valence-electron chi connectivity index (χ3n) is 2.25. The van der Waals surface area contributed by atoms with Gasteiger partial charge in [0.05, 0.1) is 12.5 Å². The molecule has 92 valence electrons. The van der Waals surface area contributed by atoms with E-state index in [-0.39, 0.29) is 18.7 Å². The molecule has 17 heavy (non-hydrogen) atoms. The molecule has 1 aromatic carbocycles. The maximum atomic E-state index is 11.4. The van der Waals surface area contributed by atoms with E-state index in [1.165, 1.54) is 0 Å². The first-order valence-corrected chi connectivity index (χ1v) is 5.29. The molecule has 5 heteroatoms. The summed E-state index contributed by atoms with van der Waals surface area (Å²) in [5.74, 6) is -1.38. The fourth-order valence-corrected chi connectivity index (χ4v) is 1.41. The van der Waals surface area contributed by atoms with Crippen molar-refractivity contribution in [2.75, 3.05) is 5.32 Å². The van der Waals surface area contributed by atoms with E-state index in [9.17, 15) is 14.7 Å². The number of nitrogens with one attached hydrogen (secondary N) is 1. The van der Waals surface area contributed by atoms with Crippen molar-refractivity contribution >= 4 is 17.6 Å². The van der Waals surface area contributed by atoms with Crippen LogP contribution >= 0.6 is 0 Å². The van der Waals surface area contributed by atoms with Crippen molar-refractivity contribution < 1.29 is 19.8 Å². The molecule has 3 N–H and O–H groups in total. The zero-order chi connectivity index (χ0) is 12.8. The average Bonchev–Trinajstić information content (AvgIpc) is 2.27. The number of carbonyl (C=O) groups is 2. The van der Waals surface area contributed by atoms with Crippen LogP contribution in [0.3, 0.4) is 0 Å². The van der Waals surface area contributed by atoms with Crippen LogP contribution in [0.1, 0.15) is 31.4 Å². The van der Waals surface area contributed by atoms with Crippen molar-refractivity contribution in [1.29, 1.82) is 0 Å². The highest BCUT2D eigenvalue weighted by Gasteiger charge is 2.10. The molecule has 1 amide bonds. The summed E-state index contributed by atoms with van der Waals surface area (Å²) in [4.78, 5) is 21.7. The Balaban J connectivity index is 2.68. The first-order chi connectivity index (χ1) is 8.00. The van der Waals surface area contributed by atoms with Crippen molar-refractivity contribution in [3.8, 4) is 0 Å². The average molecular weight is 237 g/mol. The van der Waals surface area contributed by atoms with Gasteiger partial charge in [-0.2, -0.15) is 0 Å². The van der Waals surface area contributed by atoms with Crippen LogP contribution in [-0.2, 0) is 9.59 Å². The number of benzene rings is 1. The molecule has 0 aliphatic heterocycles. The zero-order valence-corrected chi connectivity index (χ0v) is 9.51. The second-order valence-corrected chi connectivity index (χ2v) is 3.71. The Labute approximate surface area is 99.1 Å². The van der Waals surface area contributed by atoms with E-state index in [4.69, 9.17) is 5.11 Å². The van der Waals surface area contributed by atoms with Gasteiger partial charge in [-0.25, -0.2) is 0 Å². The third kappa shape index (κ3) is 4.24. The second-order valence-electron chi connectivity index (χ2n) is 3.71. The fourth-order valence-electron chi connectivity index (χ4n) is 1.41. The van der Waals surface area contributed by atoms with Gasteiger partial charge in [0.15, 0.2) is 0 Å². The van der Waals surface area contributed by atoms with E-state index < -0.39 is 12.1 Å². The van der Waals surface area contributed by atoms with Gasteiger partial charge in [0.2, 0.25) is 5.91 Å². The number of aliphatic carboxylic acids is 1. The van der Waals surface area contributed by atoms with E-state index >= 15 is 0 Å². The maximum Gasteiger partial charge on any atom is 0.303 e. The Bertz CT molecular complexity index is 415. The van der Waals surface area contributed by atoms with Crippen LogP contribution < -0.4 is 5.32 Å². The molecule has 0 radical (unpaired) electrons. The van der Waals surface area contributed by atoms with Crippen LogP contribution in [0.2, 0.25) is 0 Å². The molecule has 0 aliphatic carbocycles. The highest BCUT2D eigenvalue weighted by Crippen LogP contribution is 2.22. The lowest BCUT2D eigenvalue weighted by Crippen LogP contribution is -2.14. The fraction of sp³-hybridized carbons (Fsp3) is 0.333. The number of hydrogen-bond acceptors (Lipinski definition) is 3. The highest BCUT2D eigenvalue weighted by molar-refractivity contribution is 5.93. The van der Waals surface area contributed by atoms with Gasteiger partial charge >= 0.3 is 5.97 Å². The topological polar surface area (TPSA) is 86.6 Å². The molecule has 0 spiro atoms. The van der Waals surface area contributed by atoms with Gasteiger partial charge in [-0.05, 0) is 13.0 Å². The van der Waals surface area contributed by atoms with Crippen molar-refractivity contribution in [3.63, 3.8) is 0 Å². The van der Waals surface area contributed by atoms with E-state index in [1.54, 1.807) is 31.2 Å². The molecule has 0 aromatic heterocycles. The van der Waals surface area contributed by atoms with Crippen molar-refractivity contribution in [2.45, 2.75) is 25.9 Å². The number of carboxylic acid groups (broad SMARTS) is 1. The molecule has 5 nitrogen and oxygen atoms in total. The summed E-state index contributed by atoms with van der Waals surface area (Å²) in [5.41, 5.74) is 1.12. The van der Waals surface area contributed by atoms with E-state index in [0.717, 1.165) is 0 Å². The van der Waals surface area contributed by atoms with Gasteiger partial charge in [0.1, 0.15) is 0 Å². The van der Waals surface area contributed by atoms with Crippen molar-refractivity contribution in [1.82, 2.24) is 0 Å². The summed E-state index contributed by atoms with van der Waals surface area (Å²) < 4.78 is 0. The number of amides is 1. The predicted molar refractivity (Wildman–Crippen MR) is 62.6 cm³/mol. The number of para-hydroxylation sites is 1. The normalized spacial score (nSPS) is 11.9. The van der Waals surface area contributed by atoms with Crippen LogP contribution in [0.5, 0.6) is 0 Å². The standard InChI is InChI=1S/C12H15NO4/c1-8(14)9-4-2-3-5-10(9)13-11(15)6-7-12(16)17/h2-5,8,14H,6-7H2,1H3,(H,13,15)(H,16,17). The Hall–Kier alpha value is -1.88. The molecule has 1 unspecified atom stereocenters. The lowest BCUT2D eigenvalue weighted by atomic mass is 10.1. The molecule has 0 saturated carbocycles. The number of carboxylic acids is 1. The number of rotatable bonds is 5. The molecule has 0 bridgehead atoms. The number of carbonyl (C=O) groups excluding carboxylic acids is 1. The van der Waals surface area contributed by atoms with Crippen molar-refractivity contribution in [2.24, 2.45) is 0 Å². The summed E-state index contributed by atoms with van der Waals surface area (Å²) in [5, 5.41) is 20.5. The quantitative estimate of drug-likeness (QED) is 0.725. The lowest BCUT2D eigenvalue weighted by molar-refractivity contribution is -0.138. The first kappa shape index (κ1) is 13.2. The Morgan fingerprint density at radius 3 is 2.53 bits per heavy atom. The van der Waals surface area contributed by atoms with Gasteiger partial charge in [-0.1, -0.05) is 18.2 Å².